The second-order valence-corrected chi connectivity index (χ2v) is 5.30. The molecule has 1 aromatic carbocycles. The molecule has 0 spiro atoms. The van der Waals surface area contributed by atoms with Gasteiger partial charge in [0.1, 0.15) is 0 Å². The molecule has 0 saturated carbocycles. The van der Waals surface area contributed by atoms with Crippen molar-refractivity contribution in [2.75, 3.05) is 6.61 Å². The molecule has 1 aromatic rings. The van der Waals surface area contributed by atoms with Crippen LogP contribution in [0.4, 0.5) is 0 Å². The van der Waals surface area contributed by atoms with E-state index in [9.17, 15) is 0 Å². The van der Waals surface area contributed by atoms with Crippen molar-refractivity contribution in [3.8, 4) is 0 Å². The summed E-state index contributed by atoms with van der Waals surface area (Å²) in [6, 6.07) is 10.6. The Kier molecular flexibility index (Phi) is 3.11. The summed E-state index contributed by atoms with van der Waals surface area (Å²) in [6.45, 7) is 5.60. The van der Waals surface area contributed by atoms with Crippen LogP contribution in [0.2, 0.25) is 0 Å². The number of benzene rings is 1. The highest BCUT2D eigenvalue weighted by atomic mass is 16.5. The van der Waals surface area contributed by atoms with Gasteiger partial charge in [-0.2, -0.15) is 0 Å². The molecule has 0 radical (unpaired) electrons. The highest BCUT2D eigenvalue weighted by Gasteiger charge is 2.28. The van der Waals surface area contributed by atoms with Crippen LogP contribution in [-0.4, -0.2) is 12.7 Å². The van der Waals surface area contributed by atoms with Crippen LogP contribution in [0, 0.1) is 5.41 Å². The fraction of sp³-hybridized carbons (Fsp3) is 0.571. The average molecular weight is 204 g/mol. The summed E-state index contributed by atoms with van der Waals surface area (Å²) in [4.78, 5) is 0. The summed E-state index contributed by atoms with van der Waals surface area (Å²) in [5.41, 5.74) is 1.85. The second kappa shape index (κ2) is 4.36. The van der Waals surface area contributed by atoms with Gasteiger partial charge in [0.15, 0.2) is 0 Å². The van der Waals surface area contributed by atoms with Gasteiger partial charge in [-0.1, -0.05) is 44.2 Å². The molecular weight excluding hydrogens is 184 g/mol. The first-order valence-electron chi connectivity index (χ1n) is 5.81. The summed E-state index contributed by atoms with van der Waals surface area (Å²) in [7, 11) is 0. The van der Waals surface area contributed by atoms with Crippen LogP contribution in [0.1, 0.15) is 32.3 Å². The van der Waals surface area contributed by atoms with E-state index in [0.717, 1.165) is 13.0 Å². The van der Waals surface area contributed by atoms with E-state index in [1.54, 1.807) is 0 Å². The molecule has 1 fully saturated rings. The summed E-state index contributed by atoms with van der Waals surface area (Å²) in [5, 5.41) is 0. The molecule has 1 heterocycles. The standard InChI is InChI=1S/C14H20O/c1-14(2)8-9-15-13(11-14)10-12-6-4-3-5-7-12/h3-7,13H,8-11H2,1-2H3. The fourth-order valence-corrected chi connectivity index (χ4v) is 2.29. The summed E-state index contributed by atoms with van der Waals surface area (Å²) < 4.78 is 5.82. The number of hydrogen-bond acceptors (Lipinski definition) is 1. The van der Waals surface area contributed by atoms with Crippen LogP contribution in [-0.2, 0) is 11.2 Å². The zero-order valence-corrected chi connectivity index (χ0v) is 9.70. The van der Waals surface area contributed by atoms with E-state index in [1.165, 1.54) is 18.4 Å². The van der Waals surface area contributed by atoms with Gasteiger partial charge >= 0.3 is 0 Å². The molecule has 1 nitrogen and oxygen atoms in total. The largest absolute Gasteiger partial charge is 0.378 e. The first-order valence-corrected chi connectivity index (χ1v) is 5.81. The van der Waals surface area contributed by atoms with Crippen LogP contribution in [0.25, 0.3) is 0 Å². The van der Waals surface area contributed by atoms with E-state index in [2.05, 4.69) is 44.2 Å². The van der Waals surface area contributed by atoms with Gasteiger partial charge in [-0.3, -0.25) is 0 Å². The van der Waals surface area contributed by atoms with Gasteiger partial charge in [0, 0.05) is 6.61 Å². The lowest BCUT2D eigenvalue weighted by Crippen LogP contribution is -2.32. The molecular formula is C14H20O. The molecule has 1 unspecified atom stereocenters. The van der Waals surface area contributed by atoms with Gasteiger partial charge in [0.25, 0.3) is 0 Å². The van der Waals surface area contributed by atoms with E-state index in [-0.39, 0.29) is 0 Å². The minimum Gasteiger partial charge on any atom is -0.378 e. The molecule has 0 N–H and O–H groups in total. The van der Waals surface area contributed by atoms with E-state index < -0.39 is 0 Å². The van der Waals surface area contributed by atoms with Gasteiger partial charge in [-0.15, -0.1) is 0 Å². The molecule has 1 aliphatic rings. The van der Waals surface area contributed by atoms with Crippen molar-refractivity contribution in [3.05, 3.63) is 35.9 Å². The van der Waals surface area contributed by atoms with Gasteiger partial charge in [-0.25, -0.2) is 0 Å². The number of ether oxygens (including phenoxy) is 1. The van der Waals surface area contributed by atoms with Crippen LogP contribution in [0.5, 0.6) is 0 Å². The molecule has 1 heteroatoms. The monoisotopic (exact) mass is 204 g/mol. The maximum Gasteiger partial charge on any atom is 0.0620 e. The Labute approximate surface area is 92.5 Å². The lowest BCUT2D eigenvalue weighted by molar-refractivity contribution is -0.0348. The third kappa shape index (κ3) is 3.07. The minimum atomic E-state index is 0.413. The first kappa shape index (κ1) is 10.7. The SMILES string of the molecule is CC1(C)CCOC(Cc2ccccc2)C1. The topological polar surface area (TPSA) is 9.23 Å². The lowest BCUT2D eigenvalue weighted by atomic mass is 9.80. The second-order valence-electron chi connectivity index (χ2n) is 5.30. The van der Waals surface area contributed by atoms with Crippen molar-refractivity contribution in [2.24, 2.45) is 5.41 Å². The van der Waals surface area contributed by atoms with Crippen molar-refractivity contribution < 1.29 is 4.74 Å². The van der Waals surface area contributed by atoms with Crippen LogP contribution >= 0.6 is 0 Å². The Morgan fingerprint density at radius 2 is 2.00 bits per heavy atom. The van der Waals surface area contributed by atoms with E-state index in [4.69, 9.17) is 4.74 Å². The Hall–Kier alpha value is -0.820. The van der Waals surface area contributed by atoms with Crippen LogP contribution < -0.4 is 0 Å². The summed E-state index contributed by atoms with van der Waals surface area (Å²) in [6.07, 6.45) is 3.85. The smallest absolute Gasteiger partial charge is 0.0620 e. The highest BCUT2D eigenvalue weighted by Crippen LogP contribution is 2.33. The summed E-state index contributed by atoms with van der Waals surface area (Å²) >= 11 is 0. The maximum atomic E-state index is 5.82. The first-order chi connectivity index (χ1) is 7.16. The van der Waals surface area contributed by atoms with Gasteiger partial charge < -0.3 is 4.74 Å². The molecule has 0 bridgehead atoms. The maximum absolute atomic E-state index is 5.82. The van der Waals surface area contributed by atoms with Gasteiger partial charge in [-0.05, 0) is 30.2 Å². The van der Waals surface area contributed by atoms with Crippen LogP contribution in [0.15, 0.2) is 30.3 Å². The van der Waals surface area contributed by atoms with E-state index in [1.807, 2.05) is 0 Å². The molecule has 0 aliphatic carbocycles. The van der Waals surface area contributed by atoms with Crippen molar-refractivity contribution >= 4 is 0 Å². The zero-order valence-electron chi connectivity index (χ0n) is 9.70. The minimum absolute atomic E-state index is 0.413. The average Bonchev–Trinajstić information content (AvgIpc) is 2.17. The Morgan fingerprint density at radius 1 is 1.27 bits per heavy atom. The quantitative estimate of drug-likeness (QED) is 0.717. The number of rotatable bonds is 2. The third-order valence-corrected chi connectivity index (χ3v) is 3.22. The van der Waals surface area contributed by atoms with Crippen molar-refractivity contribution in [1.29, 1.82) is 0 Å². The molecule has 1 saturated heterocycles. The third-order valence-electron chi connectivity index (χ3n) is 3.22. The highest BCUT2D eigenvalue weighted by molar-refractivity contribution is 5.15. The Balaban J connectivity index is 1.95. The number of hydrogen-bond donors (Lipinski definition) is 0. The summed E-state index contributed by atoms with van der Waals surface area (Å²) in [5.74, 6) is 0. The molecule has 1 aliphatic heterocycles. The molecule has 82 valence electrons. The normalized spacial score (nSPS) is 25.1. The van der Waals surface area contributed by atoms with Gasteiger partial charge in [0.05, 0.1) is 6.10 Å². The van der Waals surface area contributed by atoms with Crippen molar-refractivity contribution in [3.63, 3.8) is 0 Å². The predicted molar refractivity (Wildman–Crippen MR) is 62.9 cm³/mol. The predicted octanol–water partition coefficient (Wildman–Crippen LogP) is 3.43. The molecule has 15 heavy (non-hydrogen) atoms. The Bertz CT molecular complexity index is 302. The fourth-order valence-electron chi connectivity index (χ4n) is 2.29. The molecule has 2 rings (SSSR count). The molecule has 0 aromatic heterocycles. The van der Waals surface area contributed by atoms with Crippen molar-refractivity contribution in [1.82, 2.24) is 0 Å². The molecule has 1 atom stereocenters. The van der Waals surface area contributed by atoms with E-state index in [0.29, 0.717) is 11.5 Å². The zero-order chi connectivity index (χ0) is 10.7. The van der Waals surface area contributed by atoms with E-state index >= 15 is 0 Å². The lowest BCUT2D eigenvalue weighted by Gasteiger charge is -2.35. The van der Waals surface area contributed by atoms with Crippen molar-refractivity contribution in [2.45, 2.75) is 39.2 Å². The molecule has 0 amide bonds. The van der Waals surface area contributed by atoms with Crippen LogP contribution in [0.3, 0.4) is 0 Å². The Morgan fingerprint density at radius 3 is 2.67 bits per heavy atom. The van der Waals surface area contributed by atoms with Gasteiger partial charge in [0.2, 0.25) is 0 Å².